The van der Waals surface area contributed by atoms with Gasteiger partial charge in [-0.3, -0.25) is 4.79 Å². The lowest BCUT2D eigenvalue weighted by atomic mass is 10.00. The summed E-state index contributed by atoms with van der Waals surface area (Å²) in [6.45, 7) is 1.80. The van der Waals surface area contributed by atoms with Crippen LogP contribution in [0.25, 0.3) is 0 Å². The minimum atomic E-state index is -2.85. The molecular weight excluding hydrogens is 278 g/mol. The maximum absolute atomic E-state index is 12.2. The number of nitrogens with one attached hydrogen (secondary N) is 2. The van der Waals surface area contributed by atoms with Crippen molar-refractivity contribution < 1.29 is 18.3 Å². The third kappa shape index (κ3) is 4.14. The summed E-state index contributed by atoms with van der Waals surface area (Å²) in [6.07, 6.45) is 0.814. The molecule has 116 valence electrons. The van der Waals surface area contributed by atoms with Gasteiger partial charge in [-0.05, 0) is 44.5 Å². The number of carbonyl (C=O) groups is 1. The van der Waals surface area contributed by atoms with E-state index in [0.29, 0.717) is 0 Å². The van der Waals surface area contributed by atoms with Crippen LogP contribution in [0.5, 0.6) is 5.75 Å². The number of carbonyl (C=O) groups excluding carboxylic acids is 1. The molecule has 0 aliphatic carbocycles. The van der Waals surface area contributed by atoms with Gasteiger partial charge >= 0.3 is 6.61 Å². The zero-order valence-corrected chi connectivity index (χ0v) is 12.1. The third-order valence-corrected chi connectivity index (χ3v) is 3.80. The van der Waals surface area contributed by atoms with Gasteiger partial charge in [-0.1, -0.05) is 12.1 Å². The van der Waals surface area contributed by atoms with Gasteiger partial charge in [0, 0.05) is 6.04 Å². The molecule has 0 aromatic heterocycles. The normalized spacial score (nSPS) is 23.1. The summed E-state index contributed by atoms with van der Waals surface area (Å²) in [7, 11) is 0. The van der Waals surface area contributed by atoms with Crippen molar-refractivity contribution in [3.8, 4) is 5.75 Å². The molecule has 2 N–H and O–H groups in total. The second-order valence-corrected chi connectivity index (χ2v) is 5.32. The van der Waals surface area contributed by atoms with E-state index in [1.165, 1.54) is 12.1 Å². The van der Waals surface area contributed by atoms with Crippen molar-refractivity contribution in [3.05, 3.63) is 29.8 Å². The van der Waals surface area contributed by atoms with Crippen LogP contribution in [0.1, 0.15) is 31.9 Å². The molecule has 1 heterocycles. The van der Waals surface area contributed by atoms with E-state index in [2.05, 4.69) is 15.4 Å². The van der Waals surface area contributed by atoms with Gasteiger partial charge in [0.2, 0.25) is 5.91 Å². The topological polar surface area (TPSA) is 50.4 Å². The van der Waals surface area contributed by atoms with Gasteiger partial charge < -0.3 is 15.4 Å². The molecule has 1 aromatic rings. The fraction of sp³-hybridized carbons (Fsp3) is 0.533. The van der Waals surface area contributed by atoms with E-state index in [9.17, 15) is 13.6 Å². The van der Waals surface area contributed by atoms with E-state index in [4.69, 9.17) is 0 Å². The number of amides is 1. The first-order valence-electron chi connectivity index (χ1n) is 7.06. The second-order valence-electron chi connectivity index (χ2n) is 5.32. The monoisotopic (exact) mass is 298 g/mol. The first-order valence-corrected chi connectivity index (χ1v) is 7.06. The van der Waals surface area contributed by atoms with Crippen LogP contribution in [0.2, 0.25) is 0 Å². The Morgan fingerprint density at radius 2 is 2.24 bits per heavy atom. The average Bonchev–Trinajstić information content (AvgIpc) is 2.84. The summed E-state index contributed by atoms with van der Waals surface area (Å²) in [5, 5.41) is 6.16. The Kier molecular flexibility index (Phi) is 5.12. The highest BCUT2D eigenvalue weighted by molar-refractivity contribution is 5.80. The van der Waals surface area contributed by atoms with Crippen molar-refractivity contribution in [2.45, 2.75) is 39.0 Å². The fourth-order valence-corrected chi connectivity index (χ4v) is 2.58. The van der Waals surface area contributed by atoms with E-state index in [0.717, 1.165) is 18.5 Å². The van der Waals surface area contributed by atoms with Gasteiger partial charge in [-0.25, -0.2) is 0 Å². The maximum atomic E-state index is 12.2. The molecule has 1 aliphatic rings. The van der Waals surface area contributed by atoms with Gasteiger partial charge in [0.25, 0.3) is 0 Å². The first kappa shape index (κ1) is 15.7. The highest BCUT2D eigenvalue weighted by atomic mass is 19.3. The molecule has 1 fully saturated rings. The summed E-state index contributed by atoms with van der Waals surface area (Å²) < 4.78 is 28.8. The third-order valence-electron chi connectivity index (χ3n) is 3.80. The SMILES string of the molecule is CC(NC(=O)C1CCNC1C)c1cccc(OC(F)F)c1. The Hall–Kier alpha value is -1.69. The number of ether oxygens (including phenoxy) is 1. The predicted molar refractivity (Wildman–Crippen MR) is 75.2 cm³/mol. The molecular formula is C15H20F2N2O2. The molecule has 1 saturated heterocycles. The van der Waals surface area contributed by atoms with Crippen LogP contribution in [0.3, 0.4) is 0 Å². The van der Waals surface area contributed by atoms with Crippen molar-refractivity contribution >= 4 is 5.91 Å². The second kappa shape index (κ2) is 6.85. The number of hydrogen-bond donors (Lipinski definition) is 2. The van der Waals surface area contributed by atoms with Crippen LogP contribution in [0.15, 0.2) is 24.3 Å². The number of alkyl halides is 2. The Morgan fingerprint density at radius 1 is 1.48 bits per heavy atom. The van der Waals surface area contributed by atoms with E-state index < -0.39 is 6.61 Å². The highest BCUT2D eigenvalue weighted by Crippen LogP contribution is 2.22. The molecule has 2 rings (SSSR count). The van der Waals surface area contributed by atoms with Crippen LogP contribution >= 0.6 is 0 Å². The summed E-state index contributed by atoms with van der Waals surface area (Å²) in [5.41, 5.74) is 0.736. The van der Waals surface area contributed by atoms with E-state index in [-0.39, 0.29) is 29.7 Å². The molecule has 6 heteroatoms. The number of benzene rings is 1. The van der Waals surface area contributed by atoms with E-state index in [1.54, 1.807) is 12.1 Å². The van der Waals surface area contributed by atoms with Crippen molar-refractivity contribution in [3.63, 3.8) is 0 Å². The Labute approximate surface area is 122 Å². The quantitative estimate of drug-likeness (QED) is 0.878. The van der Waals surface area contributed by atoms with Crippen LogP contribution < -0.4 is 15.4 Å². The summed E-state index contributed by atoms with van der Waals surface area (Å²) in [4.78, 5) is 12.2. The van der Waals surface area contributed by atoms with E-state index >= 15 is 0 Å². The van der Waals surface area contributed by atoms with Gasteiger partial charge in [-0.2, -0.15) is 8.78 Å². The lowest BCUT2D eigenvalue weighted by molar-refractivity contribution is -0.125. The molecule has 0 spiro atoms. The smallest absolute Gasteiger partial charge is 0.387 e. The molecule has 3 unspecified atom stereocenters. The molecule has 0 saturated carbocycles. The molecule has 4 nitrogen and oxygen atoms in total. The Bertz CT molecular complexity index is 496. The Balaban J connectivity index is 1.99. The molecule has 0 radical (unpaired) electrons. The molecule has 21 heavy (non-hydrogen) atoms. The predicted octanol–water partition coefficient (Wildman–Crippen LogP) is 2.46. The Morgan fingerprint density at radius 3 is 2.86 bits per heavy atom. The van der Waals surface area contributed by atoms with Gasteiger partial charge in [0.05, 0.1) is 12.0 Å². The summed E-state index contributed by atoms with van der Waals surface area (Å²) >= 11 is 0. The molecule has 0 bridgehead atoms. The summed E-state index contributed by atoms with van der Waals surface area (Å²) in [6, 6.07) is 6.30. The average molecular weight is 298 g/mol. The lowest BCUT2D eigenvalue weighted by Crippen LogP contribution is -2.37. The van der Waals surface area contributed by atoms with Crippen molar-refractivity contribution in [2.24, 2.45) is 5.92 Å². The minimum absolute atomic E-state index is 0.0137. The van der Waals surface area contributed by atoms with Crippen LogP contribution in [-0.2, 0) is 4.79 Å². The molecule has 1 aromatic carbocycles. The molecule has 1 amide bonds. The zero-order chi connectivity index (χ0) is 15.4. The maximum Gasteiger partial charge on any atom is 0.387 e. The van der Waals surface area contributed by atoms with Crippen molar-refractivity contribution in [1.29, 1.82) is 0 Å². The molecule has 3 atom stereocenters. The van der Waals surface area contributed by atoms with E-state index in [1.807, 2.05) is 13.8 Å². The molecule has 1 aliphatic heterocycles. The number of hydrogen-bond acceptors (Lipinski definition) is 3. The lowest BCUT2D eigenvalue weighted by Gasteiger charge is -2.20. The zero-order valence-electron chi connectivity index (χ0n) is 12.1. The van der Waals surface area contributed by atoms with Crippen LogP contribution in [-0.4, -0.2) is 25.1 Å². The van der Waals surface area contributed by atoms with Crippen LogP contribution in [0.4, 0.5) is 8.78 Å². The minimum Gasteiger partial charge on any atom is -0.435 e. The highest BCUT2D eigenvalue weighted by Gasteiger charge is 2.30. The van der Waals surface area contributed by atoms with Crippen LogP contribution in [0, 0.1) is 5.92 Å². The standard InChI is InChI=1S/C15H20F2N2O2/c1-9(19-14(20)13-6-7-18-10(13)2)11-4-3-5-12(8-11)21-15(16)17/h3-5,8-10,13,15,18H,6-7H2,1-2H3,(H,19,20). The number of halogens is 2. The number of rotatable bonds is 5. The van der Waals surface area contributed by atoms with Gasteiger partial charge in [0.15, 0.2) is 0 Å². The van der Waals surface area contributed by atoms with Gasteiger partial charge in [0.1, 0.15) is 5.75 Å². The first-order chi connectivity index (χ1) is 9.97. The largest absolute Gasteiger partial charge is 0.435 e. The van der Waals surface area contributed by atoms with Gasteiger partial charge in [-0.15, -0.1) is 0 Å². The van der Waals surface area contributed by atoms with Crippen molar-refractivity contribution in [2.75, 3.05) is 6.54 Å². The van der Waals surface area contributed by atoms with Crippen molar-refractivity contribution in [1.82, 2.24) is 10.6 Å². The summed E-state index contributed by atoms with van der Waals surface area (Å²) in [5.74, 6) is 0.0348. The fourth-order valence-electron chi connectivity index (χ4n) is 2.58.